The lowest BCUT2D eigenvalue weighted by Crippen LogP contribution is -2.43. The van der Waals surface area contributed by atoms with Crippen LogP contribution in [0.5, 0.6) is 5.75 Å². The summed E-state index contributed by atoms with van der Waals surface area (Å²) in [5.74, 6) is -0.0742. The van der Waals surface area contributed by atoms with Crippen LogP contribution in [-0.4, -0.2) is 36.1 Å². The zero-order valence-corrected chi connectivity index (χ0v) is 16.0. The van der Waals surface area contributed by atoms with E-state index in [4.69, 9.17) is 9.47 Å². The summed E-state index contributed by atoms with van der Waals surface area (Å²) in [7, 11) is 0. The van der Waals surface area contributed by atoms with E-state index in [1.54, 1.807) is 13.0 Å². The van der Waals surface area contributed by atoms with Crippen molar-refractivity contribution in [3.63, 3.8) is 0 Å². The number of hydrogen-bond acceptors (Lipinski definition) is 4. The smallest absolute Gasteiger partial charge is 0.328 e. The monoisotopic (exact) mass is 380 g/mol. The van der Waals surface area contributed by atoms with Crippen molar-refractivity contribution in [3.05, 3.63) is 65.9 Å². The Kier molecular flexibility index (Phi) is 6.32. The Morgan fingerprint density at radius 3 is 2.54 bits per heavy atom. The fourth-order valence-corrected chi connectivity index (χ4v) is 3.01. The zero-order chi connectivity index (χ0) is 19.9. The summed E-state index contributed by atoms with van der Waals surface area (Å²) in [6.07, 6.45) is 0.361. The van der Waals surface area contributed by atoms with E-state index in [0.29, 0.717) is 18.7 Å². The van der Waals surface area contributed by atoms with Crippen LogP contribution in [0, 0.1) is 0 Å². The second kappa shape index (κ2) is 9.08. The second-order valence-corrected chi connectivity index (χ2v) is 6.33. The molecule has 0 aliphatic rings. The van der Waals surface area contributed by atoms with Gasteiger partial charge in [-0.15, -0.1) is 0 Å². The van der Waals surface area contributed by atoms with E-state index in [9.17, 15) is 9.59 Å². The Balaban J connectivity index is 1.78. The van der Waals surface area contributed by atoms with Crippen LogP contribution in [0.4, 0.5) is 0 Å². The standard InChI is InChI=1S/C22H24N2O4/c1-3-27-17-11-10-16-13-19(23-18(16)14-17)21(25)24-20(22(26)28-4-2)12-15-8-6-5-7-9-15/h5-11,13-14,20,23H,3-4,12H2,1-2H3,(H,24,25). The molecule has 2 aromatic carbocycles. The lowest BCUT2D eigenvalue weighted by Gasteiger charge is -2.17. The fourth-order valence-electron chi connectivity index (χ4n) is 3.01. The van der Waals surface area contributed by atoms with Gasteiger partial charge in [0.2, 0.25) is 0 Å². The summed E-state index contributed by atoms with van der Waals surface area (Å²) in [5.41, 5.74) is 2.12. The first-order valence-corrected chi connectivity index (χ1v) is 9.37. The van der Waals surface area contributed by atoms with Gasteiger partial charge in [-0.05, 0) is 37.6 Å². The van der Waals surface area contributed by atoms with Crippen molar-refractivity contribution in [2.24, 2.45) is 0 Å². The third kappa shape index (κ3) is 4.71. The molecule has 1 aromatic heterocycles. The number of hydrogen-bond donors (Lipinski definition) is 2. The molecule has 0 radical (unpaired) electrons. The minimum atomic E-state index is -0.764. The molecule has 6 heteroatoms. The summed E-state index contributed by atoms with van der Waals surface area (Å²) in [5, 5.41) is 3.68. The summed E-state index contributed by atoms with van der Waals surface area (Å²) in [4.78, 5) is 28.2. The van der Waals surface area contributed by atoms with Crippen molar-refractivity contribution in [2.75, 3.05) is 13.2 Å². The molecule has 0 fully saturated rings. The third-order valence-corrected chi connectivity index (χ3v) is 4.31. The Morgan fingerprint density at radius 2 is 1.82 bits per heavy atom. The van der Waals surface area contributed by atoms with Gasteiger partial charge < -0.3 is 19.8 Å². The topological polar surface area (TPSA) is 80.4 Å². The first-order chi connectivity index (χ1) is 13.6. The van der Waals surface area contributed by atoms with E-state index in [2.05, 4.69) is 10.3 Å². The minimum absolute atomic E-state index is 0.257. The van der Waals surface area contributed by atoms with Gasteiger partial charge in [-0.1, -0.05) is 30.3 Å². The molecule has 0 saturated heterocycles. The Bertz CT molecular complexity index is 950. The summed E-state index contributed by atoms with van der Waals surface area (Å²) < 4.78 is 10.6. The highest BCUT2D eigenvalue weighted by molar-refractivity contribution is 6.00. The van der Waals surface area contributed by atoms with E-state index >= 15 is 0 Å². The Hall–Kier alpha value is -3.28. The van der Waals surface area contributed by atoms with Crippen LogP contribution in [-0.2, 0) is 16.0 Å². The molecule has 0 saturated carbocycles. The van der Waals surface area contributed by atoms with Crippen molar-refractivity contribution in [3.8, 4) is 5.75 Å². The first-order valence-electron chi connectivity index (χ1n) is 9.37. The molecule has 3 aromatic rings. The first kappa shape index (κ1) is 19.5. The molecule has 0 aliphatic heterocycles. The number of esters is 1. The Morgan fingerprint density at radius 1 is 1.04 bits per heavy atom. The van der Waals surface area contributed by atoms with Gasteiger partial charge in [0.1, 0.15) is 17.5 Å². The fraction of sp³-hybridized carbons (Fsp3) is 0.273. The normalized spacial score (nSPS) is 11.8. The largest absolute Gasteiger partial charge is 0.494 e. The average Bonchev–Trinajstić information content (AvgIpc) is 3.12. The van der Waals surface area contributed by atoms with Gasteiger partial charge in [0, 0.05) is 23.4 Å². The van der Waals surface area contributed by atoms with E-state index in [1.165, 1.54) is 0 Å². The van der Waals surface area contributed by atoms with Crippen LogP contribution in [0.1, 0.15) is 29.9 Å². The number of aromatic nitrogens is 1. The van der Waals surface area contributed by atoms with Crippen molar-refractivity contribution in [1.82, 2.24) is 10.3 Å². The molecular weight excluding hydrogens is 356 g/mol. The van der Waals surface area contributed by atoms with Crippen LogP contribution in [0.2, 0.25) is 0 Å². The minimum Gasteiger partial charge on any atom is -0.494 e. The van der Waals surface area contributed by atoms with Gasteiger partial charge in [0.25, 0.3) is 5.91 Å². The molecule has 3 rings (SSSR count). The highest BCUT2D eigenvalue weighted by Crippen LogP contribution is 2.21. The number of rotatable bonds is 8. The summed E-state index contributed by atoms with van der Waals surface area (Å²) >= 11 is 0. The number of aromatic amines is 1. The summed E-state index contributed by atoms with van der Waals surface area (Å²) in [6.45, 7) is 4.49. The number of amides is 1. The number of carbonyl (C=O) groups is 2. The van der Waals surface area contributed by atoms with Crippen molar-refractivity contribution >= 4 is 22.8 Å². The molecule has 28 heavy (non-hydrogen) atoms. The van der Waals surface area contributed by atoms with E-state index < -0.39 is 12.0 Å². The van der Waals surface area contributed by atoms with Crippen molar-refractivity contribution < 1.29 is 19.1 Å². The van der Waals surface area contributed by atoms with E-state index in [-0.39, 0.29) is 12.5 Å². The van der Waals surface area contributed by atoms with Crippen molar-refractivity contribution in [1.29, 1.82) is 0 Å². The number of carbonyl (C=O) groups excluding carboxylic acids is 2. The molecule has 6 nitrogen and oxygen atoms in total. The van der Waals surface area contributed by atoms with Gasteiger partial charge in [-0.3, -0.25) is 4.79 Å². The molecule has 0 bridgehead atoms. The lowest BCUT2D eigenvalue weighted by atomic mass is 10.1. The van der Waals surface area contributed by atoms with E-state index in [0.717, 1.165) is 22.2 Å². The molecule has 1 heterocycles. The van der Waals surface area contributed by atoms with Crippen LogP contribution in [0.25, 0.3) is 10.9 Å². The van der Waals surface area contributed by atoms with Gasteiger partial charge in [-0.2, -0.15) is 0 Å². The maximum atomic E-state index is 12.8. The maximum Gasteiger partial charge on any atom is 0.328 e. The lowest BCUT2D eigenvalue weighted by molar-refractivity contribution is -0.145. The predicted octanol–water partition coefficient (Wildman–Crippen LogP) is 3.47. The van der Waals surface area contributed by atoms with Crippen LogP contribution in [0.3, 0.4) is 0 Å². The number of fused-ring (bicyclic) bond motifs is 1. The molecule has 146 valence electrons. The van der Waals surface area contributed by atoms with E-state index in [1.807, 2.05) is 55.5 Å². The molecule has 1 amide bonds. The van der Waals surface area contributed by atoms with Gasteiger partial charge in [0.15, 0.2) is 0 Å². The predicted molar refractivity (Wildman–Crippen MR) is 108 cm³/mol. The zero-order valence-electron chi connectivity index (χ0n) is 16.0. The maximum absolute atomic E-state index is 12.8. The molecule has 0 aliphatic carbocycles. The highest BCUT2D eigenvalue weighted by atomic mass is 16.5. The molecular formula is C22H24N2O4. The van der Waals surface area contributed by atoms with Gasteiger partial charge >= 0.3 is 5.97 Å². The summed E-state index contributed by atoms with van der Waals surface area (Å²) in [6, 6.07) is 16.1. The molecule has 1 unspecified atom stereocenters. The van der Waals surface area contributed by atoms with Crippen LogP contribution >= 0.6 is 0 Å². The molecule has 1 atom stereocenters. The van der Waals surface area contributed by atoms with Crippen LogP contribution < -0.4 is 10.1 Å². The van der Waals surface area contributed by atoms with Gasteiger partial charge in [-0.25, -0.2) is 4.79 Å². The molecule has 0 spiro atoms. The highest BCUT2D eigenvalue weighted by Gasteiger charge is 2.24. The average molecular weight is 380 g/mol. The number of ether oxygens (including phenoxy) is 2. The van der Waals surface area contributed by atoms with Crippen LogP contribution in [0.15, 0.2) is 54.6 Å². The number of benzene rings is 2. The number of nitrogens with one attached hydrogen (secondary N) is 2. The van der Waals surface area contributed by atoms with Crippen molar-refractivity contribution in [2.45, 2.75) is 26.3 Å². The second-order valence-electron chi connectivity index (χ2n) is 6.33. The Labute approximate surface area is 163 Å². The molecule has 2 N–H and O–H groups in total. The number of H-pyrrole nitrogens is 1. The van der Waals surface area contributed by atoms with Gasteiger partial charge in [0.05, 0.1) is 13.2 Å². The third-order valence-electron chi connectivity index (χ3n) is 4.31. The SMILES string of the molecule is CCOC(=O)C(Cc1ccccc1)NC(=O)c1cc2ccc(OCC)cc2[nH]1. The quantitative estimate of drug-likeness (QED) is 0.587.